The first kappa shape index (κ1) is 13.7. The lowest BCUT2D eigenvalue weighted by molar-refractivity contribution is 0.151. The average molecular weight is 199 g/mol. The lowest BCUT2D eigenvalue weighted by Gasteiger charge is -2.22. The summed E-state index contributed by atoms with van der Waals surface area (Å²) in [6.45, 7) is 12.4. The molecule has 0 spiro atoms. The van der Waals surface area contributed by atoms with Crippen LogP contribution in [-0.4, -0.2) is 26.3 Å². The Balaban J connectivity index is 3.89. The van der Waals surface area contributed by atoms with Crippen molar-refractivity contribution >= 4 is 0 Å². The molecule has 2 heteroatoms. The van der Waals surface area contributed by atoms with Gasteiger partial charge in [-0.3, -0.25) is 0 Å². The van der Waals surface area contributed by atoms with Crippen molar-refractivity contribution in [3.05, 3.63) is 12.2 Å². The molecule has 0 aliphatic rings. The molecule has 2 atom stereocenters. The molecule has 0 radical (unpaired) electrons. The van der Waals surface area contributed by atoms with E-state index in [1.54, 1.807) is 7.11 Å². The highest BCUT2D eigenvalue weighted by Gasteiger charge is 2.12. The van der Waals surface area contributed by atoms with Crippen LogP contribution in [0.2, 0.25) is 0 Å². The van der Waals surface area contributed by atoms with Crippen molar-refractivity contribution in [1.82, 2.24) is 5.32 Å². The Morgan fingerprint density at radius 3 is 2.57 bits per heavy atom. The van der Waals surface area contributed by atoms with Gasteiger partial charge in [-0.2, -0.15) is 0 Å². The Bertz CT molecular complexity index is 156. The molecule has 0 aromatic carbocycles. The van der Waals surface area contributed by atoms with Gasteiger partial charge >= 0.3 is 0 Å². The molecule has 0 saturated carbocycles. The Labute approximate surface area is 88.7 Å². The number of methoxy groups -OCH3 is 1. The van der Waals surface area contributed by atoms with Crippen molar-refractivity contribution in [2.24, 2.45) is 5.92 Å². The van der Waals surface area contributed by atoms with Gasteiger partial charge < -0.3 is 10.1 Å². The minimum atomic E-state index is 0.445. The zero-order valence-corrected chi connectivity index (χ0v) is 10.1. The van der Waals surface area contributed by atoms with Gasteiger partial charge in [0.05, 0.1) is 0 Å². The molecule has 0 aromatic heterocycles. The summed E-state index contributed by atoms with van der Waals surface area (Å²) in [5, 5.41) is 3.50. The number of rotatable bonds is 8. The van der Waals surface area contributed by atoms with E-state index >= 15 is 0 Å². The van der Waals surface area contributed by atoms with Crippen molar-refractivity contribution in [2.75, 3.05) is 20.3 Å². The van der Waals surface area contributed by atoms with E-state index in [1.165, 1.54) is 12.0 Å². The molecule has 2 nitrogen and oxygen atoms in total. The van der Waals surface area contributed by atoms with Crippen LogP contribution in [0.25, 0.3) is 0 Å². The monoisotopic (exact) mass is 199 g/mol. The first-order chi connectivity index (χ1) is 6.61. The molecular weight excluding hydrogens is 174 g/mol. The zero-order valence-electron chi connectivity index (χ0n) is 10.1. The summed E-state index contributed by atoms with van der Waals surface area (Å²) in [5.41, 5.74) is 1.22. The Hall–Kier alpha value is -0.340. The molecule has 0 aromatic rings. The summed E-state index contributed by atoms with van der Waals surface area (Å²) >= 11 is 0. The quantitative estimate of drug-likeness (QED) is 0.607. The highest BCUT2D eigenvalue weighted by molar-refractivity contribution is 5.01. The van der Waals surface area contributed by atoms with Gasteiger partial charge in [-0.25, -0.2) is 0 Å². The molecule has 2 unspecified atom stereocenters. The van der Waals surface area contributed by atoms with Crippen LogP contribution < -0.4 is 5.32 Å². The van der Waals surface area contributed by atoms with E-state index in [1.807, 2.05) is 0 Å². The molecular formula is C12H25NO. The number of nitrogens with one attached hydrogen (secondary N) is 1. The molecule has 0 amide bonds. The molecule has 1 N–H and O–H groups in total. The SMILES string of the molecule is C=C(C)C(CC(C)COC)NCCC. The van der Waals surface area contributed by atoms with Gasteiger partial charge in [0, 0.05) is 19.8 Å². The van der Waals surface area contributed by atoms with Crippen molar-refractivity contribution in [3.63, 3.8) is 0 Å². The van der Waals surface area contributed by atoms with Crippen LogP contribution in [0.15, 0.2) is 12.2 Å². The van der Waals surface area contributed by atoms with Crippen LogP contribution >= 0.6 is 0 Å². The van der Waals surface area contributed by atoms with Crippen LogP contribution in [0, 0.1) is 5.92 Å². The Kier molecular flexibility index (Phi) is 7.81. The van der Waals surface area contributed by atoms with Crippen molar-refractivity contribution in [2.45, 2.75) is 39.7 Å². The summed E-state index contributed by atoms with van der Waals surface area (Å²) in [5.74, 6) is 0.589. The van der Waals surface area contributed by atoms with Crippen LogP contribution in [-0.2, 0) is 4.74 Å². The van der Waals surface area contributed by atoms with Crippen LogP contribution in [0.5, 0.6) is 0 Å². The first-order valence-corrected chi connectivity index (χ1v) is 5.49. The van der Waals surface area contributed by atoms with Crippen molar-refractivity contribution in [1.29, 1.82) is 0 Å². The van der Waals surface area contributed by atoms with Gasteiger partial charge in [0.1, 0.15) is 0 Å². The Morgan fingerprint density at radius 2 is 2.14 bits per heavy atom. The second-order valence-corrected chi connectivity index (χ2v) is 4.15. The highest BCUT2D eigenvalue weighted by atomic mass is 16.5. The topological polar surface area (TPSA) is 21.3 Å². The maximum Gasteiger partial charge on any atom is 0.0488 e. The number of hydrogen-bond donors (Lipinski definition) is 1. The molecule has 0 aliphatic carbocycles. The molecule has 0 rings (SSSR count). The minimum absolute atomic E-state index is 0.445. The third-order valence-corrected chi connectivity index (χ3v) is 2.32. The molecule has 84 valence electrons. The fourth-order valence-electron chi connectivity index (χ4n) is 1.53. The molecule has 0 saturated heterocycles. The fraction of sp³-hybridized carbons (Fsp3) is 0.833. The van der Waals surface area contributed by atoms with Crippen molar-refractivity contribution < 1.29 is 4.74 Å². The summed E-state index contributed by atoms with van der Waals surface area (Å²) in [6, 6.07) is 0.445. The third-order valence-electron chi connectivity index (χ3n) is 2.32. The third kappa shape index (κ3) is 6.17. The Morgan fingerprint density at radius 1 is 1.50 bits per heavy atom. The summed E-state index contributed by atoms with van der Waals surface area (Å²) in [4.78, 5) is 0. The van der Waals surface area contributed by atoms with Crippen LogP contribution in [0.4, 0.5) is 0 Å². The van der Waals surface area contributed by atoms with Gasteiger partial charge in [-0.1, -0.05) is 26.0 Å². The number of ether oxygens (including phenoxy) is 1. The van der Waals surface area contributed by atoms with Gasteiger partial charge in [-0.05, 0) is 32.2 Å². The largest absolute Gasteiger partial charge is 0.384 e. The van der Waals surface area contributed by atoms with Gasteiger partial charge in [-0.15, -0.1) is 0 Å². The highest BCUT2D eigenvalue weighted by Crippen LogP contribution is 2.11. The predicted octanol–water partition coefficient (Wildman–Crippen LogP) is 2.60. The smallest absolute Gasteiger partial charge is 0.0488 e. The number of hydrogen-bond acceptors (Lipinski definition) is 2. The van der Waals surface area contributed by atoms with E-state index in [2.05, 4.69) is 32.7 Å². The first-order valence-electron chi connectivity index (χ1n) is 5.49. The summed E-state index contributed by atoms with van der Waals surface area (Å²) in [7, 11) is 1.76. The second kappa shape index (κ2) is 8.01. The molecule has 0 fully saturated rings. The maximum absolute atomic E-state index is 5.13. The molecule has 0 heterocycles. The van der Waals surface area contributed by atoms with Gasteiger partial charge in [0.25, 0.3) is 0 Å². The lowest BCUT2D eigenvalue weighted by Crippen LogP contribution is -2.32. The second-order valence-electron chi connectivity index (χ2n) is 4.15. The van der Waals surface area contributed by atoms with E-state index in [0.29, 0.717) is 12.0 Å². The van der Waals surface area contributed by atoms with E-state index < -0.39 is 0 Å². The summed E-state index contributed by atoms with van der Waals surface area (Å²) in [6.07, 6.45) is 2.28. The maximum atomic E-state index is 5.13. The van der Waals surface area contributed by atoms with Gasteiger partial charge in [0.15, 0.2) is 0 Å². The predicted molar refractivity (Wildman–Crippen MR) is 62.6 cm³/mol. The van der Waals surface area contributed by atoms with Crippen LogP contribution in [0.1, 0.15) is 33.6 Å². The van der Waals surface area contributed by atoms with E-state index in [-0.39, 0.29) is 0 Å². The lowest BCUT2D eigenvalue weighted by atomic mass is 9.98. The van der Waals surface area contributed by atoms with Gasteiger partial charge in [0.2, 0.25) is 0 Å². The minimum Gasteiger partial charge on any atom is -0.384 e. The fourth-order valence-corrected chi connectivity index (χ4v) is 1.53. The van der Waals surface area contributed by atoms with E-state index in [0.717, 1.165) is 19.6 Å². The molecule has 0 bridgehead atoms. The average Bonchev–Trinajstić information content (AvgIpc) is 2.12. The summed E-state index contributed by atoms with van der Waals surface area (Å²) < 4.78 is 5.13. The van der Waals surface area contributed by atoms with E-state index in [9.17, 15) is 0 Å². The molecule has 14 heavy (non-hydrogen) atoms. The molecule has 0 aliphatic heterocycles. The normalized spacial score (nSPS) is 15.1. The standard InChI is InChI=1S/C12H25NO/c1-6-7-13-12(10(2)3)8-11(4)9-14-5/h11-13H,2,6-9H2,1,3-5H3. The zero-order chi connectivity index (χ0) is 11.0. The van der Waals surface area contributed by atoms with Crippen LogP contribution in [0.3, 0.4) is 0 Å². The van der Waals surface area contributed by atoms with E-state index in [4.69, 9.17) is 4.74 Å². The van der Waals surface area contributed by atoms with Crippen molar-refractivity contribution in [3.8, 4) is 0 Å².